The van der Waals surface area contributed by atoms with Crippen molar-refractivity contribution in [2.75, 3.05) is 4.90 Å². The quantitative estimate of drug-likeness (QED) is 0.798. The van der Waals surface area contributed by atoms with Crippen LogP contribution in [0.2, 0.25) is 0 Å². The van der Waals surface area contributed by atoms with Crippen LogP contribution in [0.3, 0.4) is 0 Å². The lowest BCUT2D eigenvalue weighted by atomic mass is 9.73. The number of imide groups is 1. The Labute approximate surface area is 139 Å². The van der Waals surface area contributed by atoms with E-state index < -0.39 is 0 Å². The molecule has 5 heteroatoms. The molecule has 1 saturated heterocycles. The molecule has 0 spiro atoms. The van der Waals surface area contributed by atoms with Gasteiger partial charge in [0.05, 0.1) is 11.8 Å². The number of hydrogen-bond acceptors (Lipinski definition) is 4. The first kappa shape index (κ1) is 14.0. The monoisotopic (exact) mass is 322 g/mol. The molecule has 1 aliphatic heterocycles. The number of benzene rings is 1. The summed E-state index contributed by atoms with van der Waals surface area (Å²) >= 11 is 0. The van der Waals surface area contributed by atoms with Gasteiger partial charge in [-0.15, -0.1) is 0 Å². The number of aromatic nitrogens is 1. The van der Waals surface area contributed by atoms with E-state index in [1.54, 1.807) is 13.0 Å². The van der Waals surface area contributed by atoms with Crippen LogP contribution in [0.15, 0.2) is 40.9 Å². The molecule has 2 aliphatic carbocycles. The summed E-state index contributed by atoms with van der Waals surface area (Å²) < 4.78 is 5.06. The molecule has 24 heavy (non-hydrogen) atoms. The van der Waals surface area contributed by atoms with E-state index in [2.05, 4.69) is 17.3 Å². The van der Waals surface area contributed by atoms with Gasteiger partial charge in [0.2, 0.25) is 11.8 Å². The predicted molar refractivity (Wildman–Crippen MR) is 86.1 cm³/mol. The Bertz CT molecular complexity index is 828. The first-order valence-electron chi connectivity index (χ1n) is 8.51. The number of nitrogens with zero attached hydrogens (tertiary/aromatic N) is 2. The van der Waals surface area contributed by atoms with Gasteiger partial charge in [-0.25, -0.2) is 4.90 Å². The van der Waals surface area contributed by atoms with E-state index in [4.69, 9.17) is 4.52 Å². The second-order valence-electron chi connectivity index (χ2n) is 7.27. The molecule has 5 nitrogen and oxygen atoms in total. The second-order valence-corrected chi connectivity index (χ2v) is 7.27. The fourth-order valence-corrected chi connectivity index (χ4v) is 5.23. The van der Waals surface area contributed by atoms with Crippen LogP contribution in [-0.4, -0.2) is 17.0 Å². The predicted octanol–water partition coefficient (Wildman–Crippen LogP) is 2.91. The summed E-state index contributed by atoms with van der Waals surface area (Å²) in [6.45, 7) is 1.76. The van der Waals surface area contributed by atoms with Gasteiger partial charge >= 0.3 is 0 Å². The zero-order valence-corrected chi connectivity index (χ0v) is 13.4. The average molecular weight is 322 g/mol. The van der Waals surface area contributed by atoms with Gasteiger partial charge in [-0.1, -0.05) is 35.5 Å². The van der Waals surface area contributed by atoms with E-state index in [-0.39, 0.29) is 29.6 Å². The molecular weight excluding hydrogens is 304 g/mol. The molecule has 0 N–H and O–H groups in total. The summed E-state index contributed by atoms with van der Waals surface area (Å²) in [4.78, 5) is 27.1. The first-order valence-corrected chi connectivity index (χ1v) is 8.51. The highest BCUT2D eigenvalue weighted by Gasteiger charge is 2.64. The number of anilines is 1. The van der Waals surface area contributed by atoms with E-state index in [0.29, 0.717) is 23.4 Å². The summed E-state index contributed by atoms with van der Waals surface area (Å²) in [6, 6.07) is 12.0. The van der Waals surface area contributed by atoms with Crippen molar-refractivity contribution in [2.45, 2.75) is 25.7 Å². The average Bonchev–Trinajstić information content (AvgIpc) is 3.32. The zero-order chi connectivity index (χ0) is 16.4. The van der Waals surface area contributed by atoms with Crippen molar-refractivity contribution in [3.8, 4) is 0 Å². The molecule has 5 rings (SSSR count). The van der Waals surface area contributed by atoms with Crippen molar-refractivity contribution < 1.29 is 14.1 Å². The minimum Gasteiger partial charge on any atom is -0.360 e. The van der Waals surface area contributed by atoms with E-state index in [9.17, 15) is 9.59 Å². The lowest BCUT2D eigenvalue weighted by molar-refractivity contribution is -0.123. The molecule has 2 bridgehead atoms. The van der Waals surface area contributed by atoms with E-state index >= 15 is 0 Å². The summed E-state index contributed by atoms with van der Waals surface area (Å²) in [5.74, 6) is 1.35. The lowest BCUT2D eigenvalue weighted by Gasteiger charge is -2.28. The number of amides is 2. The van der Waals surface area contributed by atoms with E-state index in [1.807, 2.05) is 18.2 Å². The molecule has 2 saturated carbocycles. The Hall–Kier alpha value is -2.43. The fourth-order valence-electron chi connectivity index (χ4n) is 5.23. The molecule has 2 amide bonds. The Balaban J connectivity index is 1.50. The molecule has 122 valence electrons. The van der Waals surface area contributed by atoms with Gasteiger partial charge in [-0.2, -0.15) is 0 Å². The third kappa shape index (κ3) is 1.72. The first-order chi connectivity index (χ1) is 11.6. The van der Waals surface area contributed by atoms with Crippen molar-refractivity contribution in [3.63, 3.8) is 0 Å². The van der Waals surface area contributed by atoms with Crippen LogP contribution in [0, 0.1) is 30.6 Å². The van der Waals surface area contributed by atoms with E-state index in [0.717, 1.165) is 12.8 Å². The molecule has 0 radical (unpaired) electrons. The van der Waals surface area contributed by atoms with E-state index in [1.165, 1.54) is 10.5 Å². The number of rotatable bonds is 2. The van der Waals surface area contributed by atoms with Gasteiger partial charge in [-0.3, -0.25) is 9.59 Å². The topological polar surface area (TPSA) is 63.4 Å². The molecule has 2 aromatic rings. The molecule has 5 atom stereocenters. The Morgan fingerprint density at radius 1 is 1.08 bits per heavy atom. The van der Waals surface area contributed by atoms with Gasteiger partial charge in [0.25, 0.3) is 0 Å². The van der Waals surface area contributed by atoms with Gasteiger partial charge in [0.15, 0.2) is 5.82 Å². The zero-order valence-electron chi connectivity index (χ0n) is 13.4. The van der Waals surface area contributed by atoms with Crippen LogP contribution in [0.1, 0.15) is 30.1 Å². The van der Waals surface area contributed by atoms with Crippen molar-refractivity contribution in [1.29, 1.82) is 0 Å². The van der Waals surface area contributed by atoms with Gasteiger partial charge in [0, 0.05) is 6.07 Å². The number of fused-ring (bicyclic) bond motifs is 5. The summed E-state index contributed by atoms with van der Waals surface area (Å²) in [5.41, 5.74) is 1.29. The molecule has 1 aromatic heterocycles. The fraction of sp³-hybridized carbons (Fsp3) is 0.421. The van der Waals surface area contributed by atoms with Crippen molar-refractivity contribution in [3.05, 3.63) is 47.7 Å². The highest BCUT2D eigenvalue weighted by Crippen LogP contribution is 2.61. The molecule has 0 unspecified atom stereocenters. The Morgan fingerprint density at radius 2 is 1.83 bits per heavy atom. The van der Waals surface area contributed by atoms with Gasteiger partial charge in [0.1, 0.15) is 5.76 Å². The minimum atomic E-state index is -0.196. The maximum atomic E-state index is 13.0. The smallest absolute Gasteiger partial charge is 0.239 e. The SMILES string of the molecule is Cc1cc(N2C(=O)[C@@H]3[C@@H]4C[C@@H]([C@@H]3C2=O)[C@H](c2ccccc2)C4)no1. The van der Waals surface area contributed by atoms with Crippen LogP contribution in [0.25, 0.3) is 0 Å². The molecule has 3 fully saturated rings. The molecular formula is C19H18N2O3. The van der Waals surface area contributed by atoms with Crippen molar-refractivity contribution >= 4 is 17.6 Å². The minimum absolute atomic E-state index is 0.0858. The summed E-state index contributed by atoms with van der Waals surface area (Å²) in [5, 5.41) is 3.88. The number of carbonyl (C=O) groups excluding carboxylic acids is 2. The maximum Gasteiger partial charge on any atom is 0.239 e. The molecule has 1 aromatic carbocycles. The van der Waals surface area contributed by atoms with Crippen LogP contribution < -0.4 is 4.90 Å². The third-order valence-corrected chi connectivity index (χ3v) is 6.09. The highest BCUT2D eigenvalue weighted by atomic mass is 16.5. The Kier molecular flexibility index (Phi) is 2.78. The lowest BCUT2D eigenvalue weighted by Crippen LogP contribution is -2.33. The second kappa shape index (κ2) is 4.79. The van der Waals surface area contributed by atoms with Crippen LogP contribution in [0.4, 0.5) is 5.82 Å². The molecule has 3 aliphatic rings. The standard InChI is InChI=1S/C19H18N2O3/c1-10-7-15(20-24-10)21-18(22)16-12-8-13(11-5-3-2-4-6-11)14(9-12)17(16)19(21)23/h2-7,12-14,16-17H,8-9H2,1H3/t12-,13-,14+,16+,17-/m0/s1. The van der Waals surface area contributed by atoms with Crippen LogP contribution >= 0.6 is 0 Å². The molecule has 2 heterocycles. The normalized spacial score (nSPS) is 34.2. The van der Waals surface area contributed by atoms with Gasteiger partial charge < -0.3 is 4.52 Å². The van der Waals surface area contributed by atoms with Crippen LogP contribution in [0.5, 0.6) is 0 Å². The number of carbonyl (C=O) groups is 2. The third-order valence-electron chi connectivity index (χ3n) is 6.09. The Morgan fingerprint density at radius 3 is 2.54 bits per heavy atom. The maximum absolute atomic E-state index is 13.0. The van der Waals surface area contributed by atoms with Crippen LogP contribution in [-0.2, 0) is 9.59 Å². The van der Waals surface area contributed by atoms with Crippen molar-refractivity contribution in [1.82, 2.24) is 5.16 Å². The summed E-state index contributed by atoms with van der Waals surface area (Å²) in [7, 11) is 0. The largest absolute Gasteiger partial charge is 0.360 e. The number of hydrogen-bond donors (Lipinski definition) is 0. The van der Waals surface area contributed by atoms with Gasteiger partial charge in [-0.05, 0) is 43.1 Å². The highest BCUT2D eigenvalue weighted by molar-refractivity contribution is 6.22. The number of aryl methyl sites for hydroxylation is 1. The van der Waals surface area contributed by atoms with Crippen molar-refractivity contribution in [2.24, 2.45) is 23.7 Å². The summed E-state index contributed by atoms with van der Waals surface area (Å²) in [6.07, 6.45) is 1.98.